The van der Waals surface area contributed by atoms with Crippen molar-refractivity contribution in [2.75, 3.05) is 25.6 Å². The molecule has 34 heavy (non-hydrogen) atoms. The average molecular weight is 479 g/mol. The van der Waals surface area contributed by atoms with Gasteiger partial charge in [0, 0.05) is 51.6 Å². The number of fused-ring (bicyclic) bond motifs is 1. The Hall–Kier alpha value is -3.48. The van der Waals surface area contributed by atoms with Crippen LogP contribution in [0.2, 0.25) is 5.02 Å². The highest BCUT2D eigenvalue weighted by Crippen LogP contribution is 2.33. The molecule has 1 unspecified atom stereocenters. The third-order valence-corrected chi connectivity index (χ3v) is 5.93. The predicted molar refractivity (Wildman–Crippen MR) is 135 cm³/mol. The molecule has 4 aromatic rings. The molecule has 0 aliphatic carbocycles. The number of aromatic nitrogens is 1. The summed E-state index contributed by atoms with van der Waals surface area (Å²) < 4.78 is 11.0. The fourth-order valence-corrected chi connectivity index (χ4v) is 4.25. The molecule has 0 saturated carbocycles. The van der Waals surface area contributed by atoms with Crippen LogP contribution in [0, 0.1) is 13.8 Å². The van der Waals surface area contributed by atoms with E-state index in [1.54, 1.807) is 37.6 Å². The topological polar surface area (TPSA) is 83.6 Å². The summed E-state index contributed by atoms with van der Waals surface area (Å²) in [5, 5.41) is 14.0. The number of hydrogen-bond acceptors (Lipinski definition) is 5. The monoisotopic (exact) mass is 478 g/mol. The largest absolute Gasteiger partial charge is 0.497 e. The van der Waals surface area contributed by atoms with Gasteiger partial charge in [-0.2, -0.15) is 0 Å². The van der Waals surface area contributed by atoms with Crippen molar-refractivity contribution in [3.63, 3.8) is 0 Å². The summed E-state index contributed by atoms with van der Waals surface area (Å²) in [6.45, 7) is 3.98. The highest BCUT2D eigenvalue weighted by molar-refractivity contribution is 6.30. The quantitative estimate of drug-likeness (QED) is 0.263. The maximum Gasteiger partial charge on any atom is 0.191 e. The number of rotatable bonds is 9. The molecule has 0 radical (unpaired) electrons. The van der Waals surface area contributed by atoms with Crippen LogP contribution in [0.15, 0.2) is 60.8 Å². The molecular formula is C27H27ClN2O4. The fourth-order valence-electron chi connectivity index (χ4n) is 4.03. The molecule has 1 aromatic heterocycles. The normalized spacial score (nSPS) is 11.9. The first-order valence-corrected chi connectivity index (χ1v) is 11.3. The average Bonchev–Trinajstić information content (AvgIpc) is 3.24. The molecule has 7 heteroatoms. The lowest BCUT2D eigenvalue weighted by Crippen LogP contribution is -2.22. The molecule has 3 aromatic carbocycles. The second-order valence-corrected chi connectivity index (χ2v) is 8.60. The molecule has 0 aliphatic rings. The zero-order valence-corrected chi connectivity index (χ0v) is 20.1. The SMILES string of the molecule is COc1cc(NC(C(=O)c2c[nH]c3ccc(C)cc23)c2ccc(Cl)cc2C)cc(OCCO)c1. The van der Waals surface area contributed by atoms with Crippen LogP contribution in [0.25, 0.3) is 10.9 Å². The Morgan fingerprint density at radius 1 is 1.09 bits per heavy atom. The van der Waals surface area contributed by atoms with Gasteiger partial charge in [-0.3, -0.25) is 4.79 Å². The highest BCUT2D eigenvalue weighted by Gasteiger charge is 2.26. The number of aliphatic hydroxyl groups excluding tert-OH is 1. The molecule has 0 fully saturated rings. The lowest BCUT2D eigenvalue weighted by Gasteiger charge is -2.22. The van der Waals surface area contributed by atoms with E-state index >= 15 is 0 Å². The number of carbonyl (C=O) groups excluding carboxylic acids is 1. The first-order chi connectivity index (χ1) is 16.4. The summed E-state index contributed by atoms with van der Waals surface area (Å²) in [4.78, 5) is 17.2. The molecule has 1 atom stereocenters. The van der Waals surface area contributed by atoms with Gasteiger partial charge in [0.05, 0.1) is 13.7 Å². The minimum atomic E-state index is -0.686. The Morgan fingerprint density at radius 3 is 2.62 bits per heavy atom. The van der Waals surface area contributed by atoms with Crippen molar-refractivity contribution < 1.29 is 19.4 Å². The van der Waals surface area contributed by atoms with E-state index in [0.29, 0.717) is 27.8 Å². The fraction of sp³-hybridized carbons (Fsp3) is 0.222. The second kappa shape index (κ2) is 10.2. The third-order valence-electron chi connectivity index (χ3n) is 5.69. The summed E-state index contributed by atoms with van der Waals surface area (Å²) in [7, 11) is 1.56. The summed E-state index contributed by atoms with van der Waals surface area (Å²) >= 11 is 6.20. The van der Waals surface area contributed by atoms with Gasteiger partial charge in [0.25, 0.3) is 0 Å². The smallest absolute Gasteiger partial charge is 0.191 e. The van der Waals surface area contributed by atoms with Crippen LogP contribution < -0.4 is 14.8 Å². The number of aromatic amines is 1. The van der Waals surface area contributed by atoms with Gasteiger partial charge in [0.1, 0.15) is 24.1 Å². The van der Waals surface area contributed by atoms with Crippen molar-refractivity contribution in [1.29, 1.82) is 0 Å². The lowest BCUT2D eigenvalue weighted by molar-refractivity contribution is 0.0971. The van der Waals surface area contributed by atoms with Crippen molar-refractivity contribution in [3.05, 3.63) is 88.1 Å². The van der Waals surface area contributed by atoms with Gasteiger partial charge in [0.15, 0.2) is 5.78 Å². The molecule has 176 valence electrons. The van der Waals surface area contributed by atoms with Gasteiger partial charge < -0.3 is 24.9 Å². The van der Waals surface area contributed by atoms with Crippen LogP contribution in [-0.4, -0.2) is 36.2 Å². The van der Waals surface area contributed by atoms with E-state index in [4.69, 9.17) is 26.2 Å². The number of carbonyl (C=O) groups is 1. The van der Waals surface area contributed by atoms with E-state index in [1.165, 1.54) is 0 Å². The number of aryl methyl sites for hydroxylation is 2. The number of H-pyrrole nitrogens is 1. The van der Waals surface area contributed by atoms with E-state index in [0.717, 1.165) is 27.6 Å². The van der Waals surface area contributed by atoms with E-state index in [2.05, 4.69) is 10.3 Å². The zero-order valence-electron chi connectivity index (χ0n) is 19.3. The number of benzene rings is 3. The van der Waals surface area contributed by atoms with Crippen LogP contribution >= 0.6 is 11.6 Å². The highest BCUT2D eigenvalue weighted by atomic mass is 35.5. The molecule has 1 heterocycles. The van der Waals surface area contributed by atoms with Crippen molar-refractivity contribution >= 4 is 34.0 Å². The number of methoxy groups -OCH3 is 1. The zero-order chi connectivity index (χ0) is 24.2. The van der Waals surface area contributed by atoms with Crippen LogP contribution in [0.1, 0.15) is 33.1 Å². The molecule has 3 N–H and O–H groups in total. The molecular weight excluding hydrogens is 452 g/mol. The molecule has 0 aliphatic heterocycles. The number of anilines is 1. The van der Waals surface area contributed by atoms with Gasteiger partial charge in [-0.1, -0.05) is 29.3 Å². The molecule has 0 bridgehead atoms. The van der Waals surface area contributed by atoms with Crippen LogP contribution in [-0.2, 0) is 0 Å². The molecule has 0 saturated heterocycles. The van der Waals surface area contributed by atoms with Crippen LogP contribution in [0.4, 0.5) is 5.69 Å². The number of Topliss-reactive ketones (excluding diaryl/α,β-unsaturated/α-hetero) is 1. The van der Waals surface area contributed by atoms with E-state index in [-0.39, 0.29) is 19.0 Å². The van der Waals surface area contributed by atoms with E-state index in [1.807, 2.05) is 44.2 Å². The number of ether oxygens (including phenoxy) is 2. The summed E-state index contributed by atoms with van der Waals surface area (Å²) in [5.41, 5.74) is 4.95. The van der Waals surface area contributed by atoms with Crippen LogP contribution in [0.3, 0.4) is 0 Å². The van der Waals surface area contributed by atoms with Crippen molar-refractivity contribution in [1.82, 2.24) is 4.98 Å². The van der Waals surface area contributed by atoms with Gasteiger partial charge >= 0.3 is 0 Å². The van der Waals surface area contributed by atoms with E-state index in [9.17, 15) is 4.79 Å². The van der Waals surface area contributed by atoms with Gasteiger partial charge in [-0.05, 0) is 49.2 Å². The van der Waals surface area contributed by atoms with Crippen LogP contribution in [0.5, 0.6) is 11.5 Å². The maximum absolute atomic E-state index is 14.0. The summed E-state index contributed by atoms with van der Waals surface area (Å²) in [6, 6.07) is 16.1. The number of halogens is 1. The number of hydrogen-bond donors (Lipinski definition) is 3. The maximum atomic E-state index is 14.0. The van der Waals surface area contributed by atoms with Gasteiger partial charge in [-0.25, -0.2) is 0 Å². The Balaban J connectivity index is 1.79. The van der Waals surface area contributed by atoms with Crippen molar-refractivity contribution in [2.24, 2.45) is 0 Å². The third kappa shape index (κ3) is 5.03. The Labute approximate surface area is 203 Å². The van der Waals surface area contributed by atoms with Gasteiger partial charge in [0.2, 0.25) is 0 Å². The Kier molecular flexibility index (Phi) is 7.10. The lowest BCUT2D eigenvalue weighted by atomic mass is 9.93. The minimum absolute atomic E-state index is 0.0806. The van der Waals surface area contributed by atoms with E-state index < -0.39 is 6.04 Å². The number of ketones is 1. The minimum Gasteiger partial charge on any atom is -0.497 e. The standard InChI is InChI=1S/C27H27ClN2O4/c1-16-4-7-25-23(10-16)24(15-29-25)27(32)26(22-6-5-18(28)11-17(22)2)30-19-12-20(33-3)14-21(13-19)34-9-8-31/h4-7,10-15,26,29-31H,8-9H2,1-3H3. The molecule has 4 rings (SSSR count). The second-order valence-electron chi connectivity index (χ2n) is 8.16. The Bertz CT molecular complexity index is 1330. The number of nitrogens with one attached hydrogen (secondary N) is 2. The Morgan fingerprint density at radius 2 is 1.88 bits per heavy atom. The molecule has 0 spiro atoms. The van der Waals surface area contributed by atoms with Gasteiger partial charge in [-0.15, -0.1) is 0 Å². The molecule has 6 nitrogen and oxygen atoms in total. The van der Waals surface area contributed by atoms with Crippen molar-refractivity contribution in [3.8, 4) is 11.5 Å². The first-order valence-electron chi connectivity index (χ1n) is 11.0. The molecule has 0 amide bonds. The number of aliphatic hydroxyl groups is 1. The summed E-state index contributed by atoms with van der Waals surface area (Å²) in [6.07, 6.45) is 1.76. The predicted octanol–water partition coefficient (Wildman–Crippen LogP) is 5.85. The van der Waals surface area contributed by atoms with Crippen molar-refractivity contribution in [2.45, 2.75) is 19.9 Å². The first kappa shape index (κ1) is 23.7. The summed E-state index contributed by atoms with van der Waals surface area (Å²) in [5.74, 6) is 1.01.